The average molecular weight is 257 g/mol. The zero-order valence-corrected chi connectivity index (χ0v) is 9.24. The fourth-order valence-corrected chi connectivity index (χ4v) is 1.27. The fourth-order valence-electron chi connectivity index (χ4n) is 0.857. The van der Waals surface area contributed by atoms with Crippen LogP contribution in [-0.4, -0.2) is 25.3 Å². The van der Waals surface area contributed by atoms with E-state index in [-0.39, 0.29) is 0 Å². The van der Waals surface area contributed by atoms with Crippen molar-refractivity contribution >= 4 is 15.9 Å². The Labute approximate surface area is 90.6 Å². The molecule has 1 aromatic rings. The van der Waals surface area contributed by atoms with Crippen molar-refractivity contribution < 1.29 is 9.47 Å². The van der Waals surface area contributed by atoms with Gasteiger partial charge in [0.05, 0.1) is 6.61 Å². The minimum absolute atomic E-state index is 0.326. The molecule has 1 aromatic heterocycles. The lowest BCUT2D eigenvalue weighted by atomic mass is 10.3. The van der Waals surface area contributed by atoms with E-state index in [2.05, 4.69) is 20.9 Å². The summed E-state index contributed by atoms with van der Waals surface area (Å²) in [5, 5.41) is 8.64. The molecule has 0 aromatic carbocycles. The minimum Gasteiger partial charge on any atom is -0.491 e. The molecule has 0 aliphatic carbocycles. The molecule has 14 heavy (non-hydrogen) atoms. The van der Waals surface area contributed by atoms with Gasteiger partial charge in [0.15, 0.2) is 0 Å². The van der Waals surface area contributed by atoms with E-state index >= 15 is 0 Å². The van der Waals surface area contributed by atoms with E-state index in [1.807, 2.05) is 6.07 Å². The lowest BCUT2D eigenvalue weighted by molar-refractivity contribution is 0.146. The molecule has 0 atom stereocenters. The number of halogens is 1. The van der Waals surface area contributed by atoms with Crippen LogP contribution in [0, 0.1) is 11.3 Å². The molecule has 0 fully saturated rings. The van der Waals surface area contributed by atoms with Crippen molar-refractivity contribution in [3.8, 4) is 11.8 Å². The fraction of sp³-hybridized carbons (Fsp3) is 0.333. The predicted octanol–water partition coefficient (Wildman–Crippen LogP) is 1.74. The third-order valence-corrected chi connectivity index (χ3v) is 1.84. The molecule has 0 amide bonds. The van der Waals surface area contributed by atoms with Crippen LogP contribution in [0.25, 0.3) is 0 Å². The standard InChI is InChI=1S/C9H9BrN2O2/c1-13-2-3-14-8-4-7(6-11)12-9(10)5-8/h4-5H,2-3H2,1H3. The number of hydrogen-bond acceptors (Lipinski definition) is 4. The second-order valence-corrected chi connectivity index (χ2v) is 3.28. The van der Waals surface area contributed by atoms with Gasteiger partial charge in [-0.1, -0.05) is 0 Å². The van der Waals surface area contributed by atoms with Gasteiger partial charge >= 0.3 is 0 Å². The van der Waals surface area contributed by atoms with Gasteiger partial charge in [0.2, 0.25) is 0 Å². The molecule has 0 N–H and O–H groups in total. The number of aromatic nitrogens is 1. The van der Waals surface area contributed by atoms with Gasteiger partial charge in [0, 0.05) is 19.2 Å². The van der Waals surface area contributed by atoms with Gasteiger partial charge in [-0.15, -0.1) is 0 Å². The number of nitrogens with zero attached hydrogens (tertiary/aromatic N) is 2. The summed E-state index contributed by atoms with van der Waals surface area (Å²) in [5.41, 5.74) is 0.326. The number of rotatable bonds is 4. The van der Waals surface area contributed by atoms with Gasteiger partial charge in [-0.25, -0.2) is 4.98 Å². The smallest absolute Gasteiger partial charge is 0.145 e. The Kier molecular flexibility index (Phi) is 4.36. The molecule has 0 spiro atoms. The van der Waals surface area contributed by atoms with Crippen LogP contribution in [0.5, 0.6) is 5.75 Å². The minimum atomic E-state index is 0.326. The van der Waals surface area contributed by atoms with Crippen LogP contribution in [0.4, 0.5) is 0 Å². The van der Waals surface area contributed by atoms with Crippen molar-refractivity contribution in [3.63, 3.8) is 0 Å². The van der Waals surface area contributed by atoms with Crippen molar-refractivity contribution in [3.05, 3.63) is 22.4 Å². The average Bonchev–Trinajstić information content (AvgIpc) is 2.17. The highest BCUT2D eigenvalue weighted by Crippen LogP contribution is 2.17. The van der Waals surface area contributed by atoms with Gasteiger partial charge in [0.1, 0.15) is 28.7 Å². The first-order valence-corrected chi connectivity index (χ1v) is 4.75. The third-order valence-electron chi connectivity index (χ3n) is 1.44. The molecule has 0 radical (unpaired) electrons. The molecule has 0 unspecified atom stereocenters. The van der Waals surface area contributed by atoms with E-state index in [4.69, 9.17) is 14.7 Å². The Balaban J connectivity index is 2.68. The summed E-state index contributed by atoms with van der Waals surface area (Å²) in [7, 11) is 1.60. The maximum absolute atomic E-state index is 8.64. The Morgan fingerprint density at radius 3 is 2.93 bits per heavy atom. The number of hydrogen-bond donors (Lipinski definition) is 0. The van der Waals surface area contributed by atoms with Crippen molar-refractivity contribution in [1.29, 1.82) is 5.26 Å². The topological polar surface area (TPSA) is 55.1 Å². The van der Waals surface area contributed by atoms with E-state index < -0.39 is 0 Å². The number of methoxy groups -OCH3 is 1. The second-order valence-electron chi connectivity index (χ2n) is 2.46. The lowest BCUT2D eigenvalue weighted by Gasteiger charge is -2.05. The molecule has 5 heteroatoms. The molecule has 0 bridgehead atoms. The first kappa shape index (κ1) is 11.0. The molecule has 0 aliphatic heterocycles. The van der Waals surface area contributed by atoms with E-state index in [9.17, 15) is 0 Å². The predicted molar refractivity (Wildman–Crippen MR) is 54.0 cm³/mol. The van der Waals surface area contributed by atoms with Crippen LogP contribution in [-0.2, 0) is 4.74 Å². The zero-order chi connectivity index (χ0) is 10.4. The summed E-state index contributed by atoms with van der Waals surface area (Å²) in [6.07, 6.45) is 0. The van der Waals surface area contributed by atoms with Crippen LogP contribution >= 0.6 is 15.9 Å². The molecule has 1 heterocycles. The normalized spacial score (nSPS) is 9.50. The van der Waals surface area contributed by atoms with E-state index in [0.29, 0.717) is 29.3 Å². The Morgan fingerprint density at radius 1 is 1.50 bits per heavy atom. The summed E-state index contributed by atoms with van der Waals surface area (Å²) in [6, 6.07) is 5.23. The zero-order valence-electron chi connectivity index (χ0n) is 7.66. The second kappa shape index (κ2) is 5.58. The molecular formula is C9H9BrN2O2. The van der Waals surface area contributed by atoms with E-state index in [1.54, 1.807) is 19.2 Å². The van der Waals surface area contributed by atoms with Gasteiger partial charge in [-0.2, -0.15) is 5.26 Å². The Bertz CT molecular complexity index is 349. The first-order valence-electron chi connectivity index (χ1n) is 3.95. The highest BCUT2D eigenvalue weighted by atomic mass is 79.9. The molecule has 74 valence electrons. The van der Waals surface area contributed by atoms with Crippen LogP contribution in [0.3, 0.4) is 0 Å². The third kappa shape index (κ3) is 3.32. The first-order chi connectivity index (χ1) is 6.76. The van der Waals surface area contributed by atoms with Crippen molar-refractivity contribution in [1.82, 2.24) is 4.98 Å². The molecule has 0 saturated carbocycles. The van der Waals surface area contributed by atoms with E-state index in [1.165, 1.54) is 0 Å². The van der Waals surface area contributed by atoms with Gasteiger partial charge < -0.3 is 9.47 Å². The monoisotopic (exact) mass is 256 g/mol. The summed E-state index contributed by atoms with van der Waals surface area (Å²) in [5.74, 6) is 0.612. The molecule has 1 rings (SSSR count). The maximum Gasteiger partial charge on any atom is 0.145 e. The molecular weight excluding hydrogens is 248 g/mol. The maximum atomic E-state index is 8.64. The highest BCUT2D eigenvalue weighted by Gasteiger charge is 2.00. The Hall–Kier alpha value is -1.12. The summed E-state index contributed by atoms with van der Waals surface area (Å²) >= 11 is 3.19. The van der Waals surface area contributed by atoms with Crippen molar-refractivity contribution in [2.75, 3.05) is 20.3 Å². The number of nitriles is 1. The molecule has 4 nitrogen and oxygen atoms in total. The lowest BCUT2D eigenvalue weighted by Crippen LogP contribution is -2.04. The number of pyridine rings is 1. The SMILES string of the molecule is COCCOc1cc(Br)nc(C#N)c1. The Morgan fingerprint density at radius 2 is 2.29 bits per heavy atom. The van der Waals surface area contributed by atoms with Crippen LogP contribution in [0.2, 0.25) is 0 Å². The van der Waals surface area contributed by atoms with Crippen LogP contribution in [0.1, 0.15) is 5.69 Å². The van der Waals surface area contributed by atoms with Crippen molar-refractivity contribution in [2.45, 2.75) is 0 Å². The van der Waals surface area contributed by atoms with Crippen LogP contribution < -0.4 is 4.74 Å². The summed E-state index contributed by atoms with van der Waals surface area (Å²) < 4.78 is 10.7. The van der Waals surface area contributed by atoms with Gasteiger partial charge in [-0.3, -0.25) is 0 Å². The molecule has 0 saturated heterocycles. The van der Waals surface area contributed by atoms with E-state index in [0.717, 1.165) is 0 Å². The quantitative estimate of drug-likeness (QED) is 0.609. The van der Waals surface area contributed by atoms with Crippen molar-refractivity contribution in [2.24, 2.45) is 0 Å². The summed E-state index contributed by atoms with van der Waals surface area (Å²) in [6.45, 7) is 0.972. The van der Waals surface area contributed by atoms with Gasteiger partial charge in [-0.05, 0) is 15.9 Å². The number of ether oxygens (including phenoxy) is 2. The molecule has 0 aliphatic rings. The van der Waals surface area contributed by atoms with Crippen LogP contribution in [0.15, 0.2) is 16.7 Å². The summed E-state index contributed by atoms with van der Waals surface area (Å²) in [4.78, 5) is 3.92. The largest absolute Gasteiger partial charge is 0.491 e. The highest BCUT2D eigenvalue weighted by molar-refractivity contribution is 9.10. The van der Waals surface area contributed by atoms with Gasteiger partial charge in [0.25, 0.3) is 0 Å².